The van der Waals surface area contributed by atoms with Gasteiger partial charge in [-0.25, -0.2) is 0 Å². The third-order valence-electron chi connectivity index (χ3n) is 5.51. The lowest BCUT2D eigenvalue weighted by Crippen LogP contribution is -2.04. The zero-order valence-corrected chi connectivity index (χ0v) is 16.5. The van der Waals surface area contributed by atoms with Gasteiger partial charge in [0, 0.05) is 23.7 Å². The van der Waals surface area contributed by atoms with Crippen LogP contribution in [0.5, 0.6) is 0 Å². The van der Waals surface area contributed by atoms with Gasteiger partial charge in [0.15, 0.2) is 17.5 Å². The molecule has 0 radical (unpaired) electrons. The molecule has 31 heavy (non-hydrogen) atoms. The summed E-state index contributed by atoms with van der Waals surface area (Å²) in [7, 11) is 0. The van der Waals surface area contributed by atoms with Crippen molar-refractivity contribution < 1.29 is 14.0 Å². The Morgan fingerprint density at radius 2 is 1.45 bits per heavy atom. The maximum atomic E-state index is 13.1. The Morgan fingerprint density at radius 1 is 0.839 bits per heavy atom. The molecular weight excluding hydrogens is 390 g/mol. The standard InChI is InChI=1S/C25H15N3O3/c1-14-26-24-25(31-14)27-21(28(24)17-9-3-2-4-10-17)13-20-22(29)18-11-15-7-5-6-8-16(15)12-19(18)23(20)30/h2-13H,1H3. The summed E-state index contributed by atoms with van der Waals surface area (Å²) in [5.41, 5.74) is 2.64. The number of Topliss-reactive ketones (excluding diaryl/α,β-unsaturated/α-hetero) is 2. The van der Waals surface area contributed by atoms with Gasteiger partial charge < -0.3 is 4.42 Å². The molecule has 0 bridgehead atoms. The number of imidazole rings is 1. The van der Waals surface area contributed by atoms with Crippen molar-refractivity contribution in [2.45, 2.75) is 6.92 Å². The molecule has 0 saturated heterocycles. The molecule has 148 valence electrons. The molecule has 0 atom stereocenters. The first kappa shape index (κ1) is 17.5. The van der Waals surface area contributed by atoms with E-state index in [1.54, 1.807) is 23.6 Å². The van der Waals surface area contributed by atoms with Crippen LogP contribution in [0, 0.1) is 6.92 Å². The molecule has 6 heteroatoms. The van der Waals surface area contributed by atoms with Gasteiger partial charge in [-0.2, -0.15) is 9.97 Å². The maximum Gasteiger partial charge on any atom is 0.267 e. The number of oxazole rings is 1. The quantitative estimate of drug-likeness (QED) is 0.307. The van der Waals surface area contributed by atoms with Crippen LogP contribution in [0.2, 0.25) is 0 Å². The number of benzene rings is 3. The molecule has 0 amide bonds. The van der Waals surface area contributed by atoms with Crippen LogP contribution in [0.4, 0.5) is 0 Å². The highest BCUT2D eigenvalue weighted by Gasteiger charge is 2.34. The average Bonchev–Trinajstić information content (AvgIpc) is 3.37. The summed E-state index contributed by atoms with van der Waals surface area (Å²) in [6.45, 7) is 1.75. The number of allylic oxidation sites excluding steroid dienone is 1. The summed E-state index contributed by atoms with van der Waals surface area (Å²) in [5.74, 6) is 0.318. The second-order valence-electron chi connectivity index (χ2n) is 7.46. The fourth-order valence-corrected chi connectivity index (χ4v) is 4.08. The Morgan fingerprint density at radius 3 is 2.10 bits per heavy atom. The fraction of sp³-hybridized carbons (Fsp3) is 0.0400. The number of hydrogen-bond acceptors (Lipinski definition) is 5. The van der Waals surface area contributed by atoms with Gasteiger partial charge in [-0.3, -0.25) is 14.2 Å². The van der Waals surface area contributed by atoms with Crippen molar-refractivity contribution in [1.82, 2.24) is 14.5 Å². The van der Waals surface area contributed by atoms with Crippen LogP contribution in [-0.4, -0.2) is 26.1 Å². The molecule has 2 aromatic heterocycles. The van der Waals surface area contributed by atoms with E-state index < -0.39 is 0 Å². The van der Waals surface area contributed by atoms with Crippen LogP contribution in [0.1, 0.15) is 32.4 Å². The van der Waals surface area contributed by atoms with Crippen molar-refractivity contribution in [2.75, 3.05) is 0 Å². The Hall–Kier alpha value is -4.32. The van der Waals surface area contributed by atoms with Crippen LogP contribution in [0.15, 0.2) is 76.7 Å². The van der Waals surface area contributed by atoms with Gasteiger partial charge in [0.05, 0.1) is 5.57 Å². The molecule has 3 aromatic carbocycles. The molecule has 1 aliphatic rings. The van der Waals surface area contributed by atoms with Crippen LogP contribution >= 0.6 is 0 Å². The Balaban J connectivity index is 1.55. The number of ketones is 2. The van der Waals surface area contributed by atoms with Gasteiger partial charge in [-0.05, 0) is 41.1 Å². The first-order chi connectivity index (χ1) is 15.1. The Bertz CT molecular complexity index is 1520. The molecule has 6 rings (SSSR count). The second kappa shape index (κ2) is 6.34. The molecule has 0 unspecified atom stereocenters. The van der Waals surface area contributed by atoms with Crippen molar-refractivity contribution in [3.8, 4) is 5.69 Å². The number of para-hydroxylation sites is 1. The van der Waals surface area contributed by atoms with Gasteiger partial charge in [0.25, 0.3) is 5.71 Å². The molecule has 0 N–H and O–H groups in total. The van der Waals surface area contributed by atoms with E-state index in [2.05, 4.69) is 9.97 Å². The van der Waals surface area contributed by atoms with Crippen LogP contribution < -0.4 is 0 Å². The fourth-order valence-electron chi connectivity index (χ4n) is 4.08. The van der Waals surface area contributed by atoms with Crippen LogP contribution in [-0.2, 0) is 0 Å². The van der Waals surface area contributed by atoms with Crippen molar-refractivity contribution in [3.63, 3.8) is 0 Å². The van der Waals surface area contributed by atoms with Crippen molar-refractivity contribution in [2.24, 2.45) is 0 Å². The van der Waals surface area contributed by atoms with Gasteiger partial charge in [0.2, 0.25) is 5.65 Å². The van der Waals surface area contributed by atoms with Gasteiger partial charge >= 0.3 is 0 Å². The largest absolute Gasteiger partial charge is 0.421 e. The predicted molar refractivity (Wildman–Crippen MR) is 116 cm³/mol. The van der Waals surface area contributed by atoms with E-state index >= 15 is 0 Å². The zero-order chi connectivity index (χ0) is 21.1. The summed E-state index contributed by atoms with van der Waals surface area (Å²) in [4.78, 5) is 35.2. The first-order valence-corrected chi connectivity index (χ1v) is 9.85. The summed E-state index contributed by atoms with van der Waals surface area (Å²) < 4.78 is 7.39. The Labute approximate surface area is 176 Å². The number of nitrogens with zero attached hydrogens (tertiary/aromatic N) is 3. The second-order valence-corrected chi connectivity index (χ2v) is 7.46. The third-order valence-corrected chi connectivity index (χ3v) is 5.51. The molecular formula is C25H15N3O3. The van der Waals surface area contributed by atoms with Crippen molar-refractivity contribution >= 4 is 39.8 Å². The minimum atomic E-state index is -0.297. The van der Waals surface area contributed by atoms with E-state index in [9.17, 15) is 9.59 Å². The topological polar surface area (TPSA) is 78.0 Å². The first-order valence-electron chi connectivity index (χ1n) is 9.85. The summed E-state index contributed by atoms with van der Waals surface area (Å²) in [6.07, 6.45) is 1.54. The average molecular weight is 405 g/mol. The summed E-state index contributed by atoms with van der Waals surface area (Å²) >= 11 is 0. The van der Waals surface area contributed by atoms with Crippen molar-refractivity contribution in [1.29, 1.82) is 0 Å². The molecule has 5 aromatic rings. The highest BCUT2D eigenvalue weighted by atomic mass is 16.4. The minimum Gasteiger partial charge on any atom is -0.421 e. The smallest absolute Gasteiger partial charge is 0.267 e. The van der Waals surface area contributed by atoms with E-state index in [1.165, 1.54) is 6.08 Å². The number of rotatable bonds is 2. The van der Waals surface area contributed by atoms with E-state index in [-0.39, 0.29) is 17.1 Å². The van der Waals surface area contributed by atoms with Gasteiger partial charge in [-0.15, -0.1) is 0 Å². The number of hydrogen-bond donors (Lipinski definition) is 0. The molecule has 2 heterocycles. The molecule has 0 saturated carbocycles. The van der Waals surface area contributed by atoms with Crippen LogP contribution in [0.3, 0.4) is 0 Å². The number of aromatic nitrogens is 3. The minimum absolute atomic E-state index is 0.0897. The highest BCUT2D eigenvalue weighted by Crippen LogP contribution is 2.32. The molecule has 6 nitrogen and oxygen atoms in total. The van der Waals surface area contributed by atoms with E-state index in [4.69, 9.17) is 4.42 Å². The van der Waals surface area contributed by atoms with E-state index in [1.807, 2.05) is 54.6 Å². The van der Waals surface area contributed by atoms with Gasteiger partial charge in [-0.1, -0.05) is 42.5 Å². The van der Waals surface area contributed by atoms with Crippen LogP contribution in [0.25, 0.3) is 33.9 Å². The number of carbonyl (C=O) groups is 2. The Kier molecular flexibility index (Phi) is 3.58. The highest BCUT2D eigenvalue weighted by molar-refractivity contribution is 6.42. The molecule has 0 fully saturated rings. The van der Waals surface area contributed by atoms with Crippen molar-refractivity contribution in [3.05, 3.63) is 95.1 Å². The third kappa shape index (κ3) is 2.58. The molecule has 0 aliphatic heterocycles. The van der Waals surface area contributed by atoms with E-state index in [0.717, 1.165) is 16.5 Å². The zero-order valence-electron chi connectivity index (χ0n) is 16.5. The lowest BCUT2D eigenvalue weighted by atomic mass is 10.0. The lowest BCUT2D eigenvalue weighted by Gasteiger charge is -2.05. The summed E-state index contributed by atoms with van der Waals surface area (Å²) in [5, 5.41) is 1.85. The number of aryl methyl sites for hydroxylation is 1. The monoisotopic (exact) mass is 405 g/mol. The van der Waals surface area contributed by atoms with E-state index in [0.29, 0.717) is 34.2 Å². The number of carbonyl (C=O) groups excluding carboxylic acids is 2. The SMILES string of the molecule is Cc1nc2c(nc(C=C3C(=O)c4cc5ccccc5cc4C3=O)n2-c2ccccc2)o1. The lowest BCUT2D eigenvalue weighted by molar-refractivity contribution is 0.0990. The normalized spacial score (nSPS) is 13.4. The maximum absolute atomic E-state index is 13.1. The molecule has 1 aliphatic carbocycles. The predicted octanol–water partition coefficient (Wildman–Crippen LogP) is 4.94. The van der Waals surface area contributed by atoms with Gasteiger partial charge in [0.1, 0.15) is 5.82 Å². The summed E-state index contributed by atoms with van der Waals surface area (Å²) in [6, 6.07) is 20.8. The number of fused-ring (bicyclic) bond motifs is 3. The molecule has 0 spiro atoms.